The first-order valence-corrected chi connectivity index (χ1v) is 4.50. The van der Waals surface area contributed by atoms with Crippen LogP contribution < -0.4 is 0 Å². The van der Waals surface area contributed by atoms with Crippen LogP contribution in [0.15, 0.2) is 30.3 Å². The van der Waals surface area contributed by atoms with Gasteiger partial charge in [0.05, 0.1) is 6.61 Å². The van der Waals surface area contributed by atoms with E-state index >= 15 is 0 Å². The van der Waals surface area contributed by atoms with Crippen molar-refractivity contribution in [3.63, 3.8) is 0 Å². The summed E-state index contributed by atoms with van der Waals surface area (Å²) in [7, 11) is 0. The van der Waals surface area contributed by atoms with Crippen LogP contribution in [-0.2, 0) is 4.74 Å². The summed E-state index contributed by atoms with van der Waals surface area (Å²) in [6.07, 6.45) is 0.470. The Morgan fingerprint density at radius 3 is 2.62 bits per heavy atom. The molecule has 0 saturated carbocycles. The van der Waals surface area contributed by atoms with Crippen molar-refractivity contribution in [3.05, 3.63) is 35.9 Å². The van der Waals surface area contributed by atoms with Gasteiger partial charge in [0.15, 0.2) is 5.78 Å². The molecule has 0 N–H and O–H groups in total. The second-order valence-electron chi connectivity index (χ2n) is 2.74. The van der Waals surface area contributed by atoms with Crippen molar-refractivity contribution in [2.24, 2.45) is 0 Å². The first kappa shape index (κ1) is 9.93. The van der Waals surface area contributed by atoms with E-state index in [1.54, 1.807) is 0 Å². The summed E-state index contributed by atoms with van der Waals surface area (Å²) in [5.74, 6) is 0.147. The topological polar surface area (TPSA) is 26.3 Å². The van der Waals surface area contributed by atoms with Crippen molar-refractivity contribution >= 4 is 5.78 Å². The fraction of sp³-hybridized carbons (Fsp3) is 0.364. The maximum atomic E-state index is 11.4. The number of hydrogen-bond donors (Lipinski definition) is 0. The Morgan fingerprint density at radius 2 is 2.00 bits per heavy atom. The number of carbonyl (C=O) groups excluding carboxylic acids is 1. The maximum absolute atomic E-state index is 11.4. The van der Waals surface area contributed by atoms with Crippen LogP contribution in [0.1, 0.15) is 23.7 Å². The van der Waals surface area contributed by atoms with Crippen molar-refractivity contribution < 1.29 is 9.53 Å². The molecule has 0 aliphatic rings. The zero-order valence-electron chi connectivity index (χ0n) is 7.82. The van der Waals surface area contributed by atoms with Crippen LogP contribution in [0, 0.1) is 0 Å². The van der Waals surface area contributed by atoms with Crippen LogP contribution in [0.25, 0.3) is 0 Å². The van der Waals surface area contributed by atoms with Gasteiger partial charge in [-0.2, -0.15) is 0 Å². The summed E-state index contributed by atoms with van der Waals surface area (Å²) in [4.78, 5) is 11.4. The number of ketones is 1. The van der Waals surface area contributed by atoms with Gasteiger partial charge in [-0.25, -0.2) is 0 Å². The first-order valence-electron chi connectivity index (χ1n) is 4.50. The lowest BCUT2D eigenvalue weighted by Crippen LogP contribution is -2.04. The van der Waals surface area contributed by atoms with Crippen molar-refractivity contribution in [3.8, 4) is 0 Å². The number of Topliss-reactive ketones (excluding diaryl/α,β-unsaturated/α-hetero) is 1. The zero-order valence-corrected chi connectivity index (χ0v) is 7.82. The molecule has 0 aliphatic heterocycles. The van der Waals surface area contributed by atoms with E-state index in [9.17, 15) is 4.79 Å². The highest BCUT2D eigenvalue weighted by molar-refractivity contribution is 5.96. The summed E-state index contributed by atoms with van der Waals surface area (Å²) in [6, 6.07) is 9.30. The first-order chi connectivity index (χ1) is 6.34. The highest BCUT2D eigenvalue weighted by Crippen LogP contribution is 2.02. The quantitative estimate of drug-likeness (QED) is 0.511. The lowest BCUT2D eigenvalue weighted by molar-refractivity contribution is 0.0896. The Bertz CT molecular complexity index is 254. The Kier molecular flexibility index (Phi) is 4.19. The Labute approximate surface area is 78.5 Å². The predicted molar refractivity (Wildman–Crippen MR) is 51.9 cm³/mol. The molecular formula is C11H14O2. The number of rotatable bonds is 5. The summed E-state index contributed by atoms with van der Waals surface area (Å²) in [6.45, 7) is 3.11. The van der Waals surface area contributed by atoms with Crippen LogP contribution in [0.4, 0.5) is 0 Å². The van der Waals surface area contributed by atoms with Gasteiger partial charge in [-0.05, 0) is 6.92 Å². The van der Waals surface area contributed by atoms with Crippen molar-refractivity contribution in [1.82, 2.24) is 0 Å². The van der Waals surface area contributed by atoms with Gasteiger partial charge in [-0.15, -0.1) is 0 Å². The summed E-state index contributed by atoms with van der Waals surface area (Å²) < 4.78 is 5.10. The summed E-state index contributed by atoms with van der Waals surface area (Å²) in [5, 5.41) is 0. The fourth-order valence-corrected chi connectivity index (χ4v) is 1.08. The van der Waals surface area contributed by atoms with E-state index in [-0.39, 0.29) is 5.78 Å². The van der Waals surface area contributed by atoms with Gasteiger partial charge in [0, 0.05) is 18.6 Å². The minimum Gasteiger partial charge on any atom is -0.381 e. The number of benzene rings is 1. The molecular weight excluding hydrogens is 164 g/mol. The van der Waals surface area contributed by atoms with Gasteiger partial charge in [-0.3, -0.25) is 4.79 Å². The number of carbonyl (C=O) groups is 1. The van der Waals surface area contributed by atoms with Gasteiger partial charge in [0.2, 0.25) is 0 Å². The van der Waals surface area contributed by atoms with Crippen LogP contribution in [0.2, 0.25) is 0 Å². The molecule has 0 fully saturated rings. The Morgan fingerprint density at radius 1 is 1.31 bits per heavy atom. The minimum absolute atomic E-state index is 0.147. The van der Waals surface area contributed by atoms with Crippen molar-refractivity contribution in [1.29, 1.82) is 0 Å². The molecule has 0 spiro atoms. The summed E-state index contributed by atoms with van der Waals surface area (Å²) >= 11 is 0. The molecule has 0 atom stereocenters. The second kappa shape index (κ2) is 5.49. The highest BCUT2D eigenvalue weighted by atomic mass is 16.5. The van der Waals surface area contributed by atoms with E-state index in [0.29, 0.717) is 19.6 Å². The second-order valence-corrected chi connectivity index (χ2v) is 2.74. The van der Waals surface area contributed by atoms with E-state index in [1.807, 2.05) is 37.3 Å². The molecule has 0 aromatic heterocycles. The average molecular weight is 178 g/mol. The molecule has 0 heterocycles. The minimum atomic E-state index is 0.147. The molecule has 1 aromatic carbocycles. The van der Waals surface area contributed by atoms with E-state index in [1.165, 1.54) is 0 Å². The Hall–Kier alpha value is -1.15. The average Bonchev–Trinajstić information content (AvgIpc) is 2.19. The third-order valence-corrected chi connectivity index (χ3v) is 1.77. The van der Waals surface area contributed by atoms with Crippen molar-refractivity contribution in [2.75, 3.05) is 13.2 Å². The lowest BCUT2D eigenvalue weighted by Gasteiger charge is -2.00. The normalized spacial score (nSPS) is 9.92. The third-order valence-electron chi connectivity index (χ3n) is 1.77. The van der Waals surface area contributed by atoms with Gasteiger partial charge >= 0.3 is 0 Å². The van der Waals surface area contributed by atoms with Crippen LogP contribution >= 0.6 is 0 Å². The van der Waals surface area contributed by atoms with Gasteiger partial charge in [0.25, 0.3) is 0 Å². The summed E-state index contributed by atoms with van der Waals surface area (Å²) in [5.41, 5.74) is 0.766. The molecule has 0 aliphatic carbocycles. The molecule has 2 heteroatoms. The largest absolute Gasteiger partial charge is 0.381 e. The predicted octanol–water partition coefficient (Wildman–Crippen LogP) is 2.30. The molecule has 0 bridgehead atoms. The fourth-order valence-electron chi connectivity index (χ4n) is 1.08. The van der Waals surface area contributed by atoms with Crippen LogP contribution in [0.3, 0.4) is 0 Å². The van der Waals surface area contributed by atoms with E-state index in [0.717, 1.165) is 5.56 Å². The standard InChI is InChI=1S/C11H14O2/c1-2-13-9-8-11(12)10-6-4-3-5-7-10/h3-7H,2,8-9H2,1H3. The van der Waals surface area contributed by atoms with Gasteiger partial charge in [-0.1, -0.05) is 30.3 Å². The molecule has 70 valence electrons. The Balaban J connectivity index is 2.40. The van der Waals surface area contributed by atoms with E-state index < -0.39 is 0 Å². The highest BCUT2D eigenvalue weighted by Gasteiger charge is 2.03. The maximum Gasteiger partial charge on any atom is 0.165 e. The van der Waals surface area contributed by atoms with Crippen LogP contribution in [0.5, 0.6) is 0 Å². The van der Waals surface area contributed by atoms with Crippen molar-refractivity contribution in [2.45, 2.75) is 13.3 Å². The lowest BCUT2D eigenvalue weighted by atomic mass is 10.1. The smallest absolute Gasteiger partial charge is 0.165 e. The molecule has 13 heavy (non-hydrogen) atoms. The zero-order chi connectivity index (χ0) is 9.52. The molecule has 2 nitrogen and oxygen atoms in total. The SMILES string of the molecule is CCOCCC(=O)c1ccccc1. The number of ether oxygens (including phenoxy) is 1. The molecule has 1 rings (SSSR count). The van der Waals surface area contributed by atoms with E-state index in [2.05, 4.69) is 0 Å². The molecule has 0 saturated heterocycles. The van der Waals surface area contributed by atoms with E-state index in [4.69, 9.17) is 4.74 Å². The molecule has 1 aromatic rings. The van der Waals surface area contributed by atoms with Crippen LogP contribution in [-0.4, -0.2) is 19.0 Å². The molecule has 0 unspecified atom stereocenters. The molecule has 0 amide bonds. The third kappa shape index (κ3) is 3.38. The van der Waals surface area contributed by atoms with Gasteiger partial charge < -0.3 is 4.74 Å². The monoisotopic (exact) mass is 178 g/mol. The van der Waals surface area contributed by atoms with Gasteiger partial charge in [0.1, 0.15) is 0 Å². The molecule has 0 radical (unpaired) electrons. The number of hydrogen-bond acceptors (Lipinski definition) is 2.